The van der Waals surface area contributed by atoms with E-state index in [0.717, 1.165) is 6.42 Å². The predicted molar refractivity (Wildman–Crippen MR) is 41.4 cm³/mol. The van der Waals surface area contributed by atoms with Crippen molar-refractivity contribution in [3.8, 4) is 0 Å². The molecule has 0 bridgehead atoms. The summed E-state index contributed by atoms with van der Waals surface area (Å²) in [4.78, 5) is 0. The average Bonchev–Trinajstić information content (AvgIpc) is 1.83. The molecule has 0 fully saturated rings. The molecule has 0 heterocycles. The van der Waals surface area contributed by atoms with Crippen molar-refractivity contribution in [3.63, 3.8) is 0 Å². The van der Waals surface area contributed by atoms with Crippen molar-refractivity contribution in [3.05, 3.63) is 24.2 Å². The van der Waals surface area contributed by atoms with Gasteiger partial charge in [-0.05, 0) is 0 Å². The summed E-state index contributed by atoms with van der Waals surface area (Å²) >= 11 is 0. The first-order valence-corrected chi connectivity index (χ1v) is 2.79. The molecule has 0 aromatic rings. The van der Waals surface area contributed by atoms with Gasteiger partial charge in [0.25, 0.3) is 0 Å². The number of rotatable bonds is 3. The molecule has 42 valence electrons. The van der Waals surface area contributed by atoms with Crippen molar-refractivity contribution in [2.75, 3.05) is 0 Å². The molecule has 0 aromatic carbocycles. The van der Waals surface area contributed by atoms with E-state index < -0.39 is 0 Å². The number of hydrogen-bond donors (Lipinski definition) is 0. The zero-order valence-electron chi connectivity index (χ0n) is 5.35. The van der Waals surface area contributed by atoms with E-state index in [1.54, 1.807) is 6.92 Å². The van der Waals surface area contributed by atoms with Crippen LogP contribution in [0, 0.1) is 0 Å². The summed E-state index contributed by atoms with van der Waals surface area (Å²) in [5.41, 5.74) is 1.24. The SMILES string of the molecule is C=B/C=C(\C=C)CC. The Bertz CT molecular complexity index is 112. The van der Waals surface area contributed by atoms with Crippen LogP contribution in [-0.4, -0.2) is 13.4 Å². The summed E-state index contributed by atoms with van der Waals surface area (Å²) in [5.74, 6) is 1.97. The third-order valence-electron chi connectivity index (χ3n) is 1.00. The number of allylic oxidation sites excluding steroid dienone is 2. The zero-order valence-corrected chi connectivity index (χ0v) is 5.35. The van der Waals surface area contributed by atoms with Crippen molar-refractivity contribution in [2.24, 2.45) is 0 Å². The number of hydrogen-bond acceptors (Lipinski definition) is 0. The van der Waals surface area contributed by atoms with Gasteiger partial charge < -0.3 is 0 Å². The fourth-order valence-electron chi connectivity index (χ4n) is 0.482. The minimum absolute atomic E-state index is 1.04. The van der Waals surface area contributed by atoms with Gasteiger partial charge in [0.15, 0.2) is 0 Å². The van der Waals surface area contributed by atoms with Crippen molar-refractivity contribution in [1.29, 1.82) is 0 Å². The van der Waals surface area contributed by atoms with Crippen LogP contribution in [0.3, 0.4) is 0 Å². The van der Waals surface area contributed by atoms with Gasteiger partial charge in [-0.1, -0.05) is 0 Å². The zero-order chi connectivity index (χ0) is 6.41. The monoisotopic (exact) mass is 106 g/mol. The summed E-state index contributed by atoms with van der Waals surface area (Å²) in [6.45, 7) is 11.1. The Labute approximate surface area is 51.8 Å². The molecule has 1 heteroatoms. The van der Waals surface area contributed by atoms with Crippen molar-refractivity contribution in [2.45, 2.75) is 13.3 Å². The topological polar surface area (TPSA) is 0 Å². The van der Waals surface area contributed by atoms with Crippen LogP contribution in [0.4, 0.5) is 0 Å². The summed E-state index contributed by atoms with van der Waals surface area (Å²) in [5, 5.41) is 0. The van der Waals surface area contributed by atoms with E-state index in [9.17, 15) is 0 Å². The van der Waals surface area contributed by atoms with Crippen LogP contribution < -0.4 is 0 Å². The standard InChI is InChI=1S/C7H11B/c1-4-7(5-2)6-8-3/h4,6H,1,3,5H2,2H3/b7-6+. The van der Waals surface area contributed by atoms with Crippen molar-refractivity contribution in [1.82, 2.24) is 0 Å². The molecule has 0 N–H and O–H groups in total. The van der Waals surface area contributed by atoms with Gasteiger partial charge in [0.05, 0.1) is 0 Å². The van der Waals surface area contributed by atoms with Crippen LogP contribution >= 0.6 is 0 Å². The second-order valence-corrected chi connectivity index (χ2v) is 1.53. The fraction of sp³-hybridized carbons (Fsp3) is 0.286. The molecular formula is C7H11B. The van der Waals surface area contributed by atoms with Crippen LogP contribution in [0.5, 0.6) is 0 Å². The van der Waals surface area contributed by atoms with Gasteiger partial charge in [-0.2, -0.15) is 0 Å². The Morgan fingerprint density at radius 1 is 1.75 bits per heavy atom. The van der Waals surface area contributed by atoms with E-state index in [1.165, 1.54) is 5.57 Å². The first kappa shape index (κ1) is 7.41. The van der Waals surface area contributed by atoms with Gasteiger partial charge >= 0.3 is 50.9 Å². The third kappa shape index (κ3) is 2.56. The van der Waals surface area contributed by atoms with Crippen LogP contribution in [0.25, 0.3) is 0 Å². The third-order valence-corrected chi connectivity index (χ3v) is 1.00. The van der Waals surface area contributed by atoms with Crippen LogP contribution in [0.1, 0.15) is 13.3 Å². The minimum atomic E-state index is 1.04. The van der Waals surface area contributed by atoms with E-state index >= 15 is 0 Å². The maximum atomic E-state index is 3.63. The van der Waals surface area contributed by atoms with Gasteiger partial charge in [-0.3, -0.25) is 0 Å². The summed E-state index contributed by atoms with van der Waals surface area (Å²) in [7, 11) is 0. The Morgan fingerprint density at radius 2 is 2.38 bits per heavy atom. The molecule has 0 aliphatic heterocycles. The van der Waals surface area contributed by atoms with Gasteiger partial charge in [0.2, 0.25) is 0 Å². The second-order valence-electron chi connectivity index (χ2n) is 1.53. The normalized spacial score (nSPS) is 10.4. The molecule has 0 radical (unpaired) electrons. The second kappa shape index (κ2) is 4.57. The molecule has 0 saturated heterocycles. The van der Waals surface area contributed by atoms with Crippen molar-refractivity contribution < 1.29 is 0 Å². The molecule has 0 rings (SSSR count). The maximum absolute atomic E-state index is 3.63. The Morgan fingerprint density at radius 3 is 2.50 bits per heavy atom. The molecule has 8 heavy (non-hydrogen) atoms. The molecule has 0 nitrogen and oxygen atoms in total. The van der Waals surface area contributed by atoms with E-state index in [0.29, 0.717) is 0 Å². The molecular weight excluding hydrogens is 94.9 g/mol. The van der Waals surface area contributed by atoms with E-state index in [-0.39, 0.29) is 0 Å². The van der Waals surface area contributed by atoms with Crippen molar-refractivity contribution >= 4 is 13.4 Å². The molecule has 0 aliphatic carbocycles. The summed E-state index contributed by atoms with van der Waals surface area (Å²) < 4.78 is 0. The van der Waals surface area contributed by atoms with E-state index in [2.05, 4.69) is 20.0 Å². The molecule has 0 saturated carbocycles. The van der Waals surface area contributed by atoms with Crippen LogP contribution in [-0.2, 0) is 0 Å². The first-order chi connectivity index (χ1) is 3.85. The van der Waals surface area contributed by atoms with Gasteiger partial charge in [0, 0.05) is 0 Å². The predicted octanol–water partition coefficient (Wildman–Crippen LogP) is 1.60. The van der Waals surface area contributed by atoms with E-state index in [1.807, 2.05) is 12.1 Å². The Hall–Kier alpha value is -0.585. The summed E-state index contributed by atoms with van der Waals surface area (Å²) in [6.07, 6.45) is 2.89. The average molecular weight is 106 g/mol. The van der Waals surface area contributed by atoms with E-state index in [4.69, 9.17) is 0 Å². The fourth-order valence-corrected chi connectivity index (χ4v) is 0.482. The summed E-state index contributed by atoms with van der Waals surface area (Å²) in [6, 6.07) is 0. The molecule has 0 spiro atoms. The van der Waals surface area contributed by atoms with Gasteiger partial charge in [0.1, 0.15) is 0 Å². The van der Waals surface area contributed by atoms with Gasteiger partial charge in [-0.15, -0.1) is 0 Å². The van der Waals surface area contributed by atoms with Crippen LogP contribution in [0.2, 0.25) is 0 Å². The Balaban J connectivity index is 3.84. The molecule has 0 atom stereocenters. The quantitative estimate of drug-likeness (QED) is 0.378. The molecule has 0 aliphatic rings. The Kier molecular flexibility index (Phi) is 4.24. The van der Waals surface area contributed by atoms with Crippen LogP contribution in [0.15, 0.2) is 24.2 Å². The molecule has 0 amide bonds. The van der Waals surface area contributed by atoms with Gasteiger partial charge in [-0.25, -0.2) is 0 Å². The molecule has 0 aromatic heterocycles. The first-order valence-electron chi connectivity index (χ1n) is 2.79. The molecule has 0 unspecified atom stereocenters.